The average Bonchev–Trinajstić information content (AvgIpc) is 3.65. The zero-order chi connectivity index (χ0) is 32.7. The fourth-order valence-electron chi connectivity index (χ4n) is 6.54. The second-order valence-corrected chi connectivity index (χ2v) is 10.7. The van der Waals surface area contributed by atoms with Crippen molar-refractivity contribution in [3.63, 3.8) is 0 Å². The van der Waals surface area contributed by atoms with E-state index in [1.807, 2.05) is 0 Å². The minimum atomic E-state index is -3.00. The molecule has 3 N–H and O–H groups in total. The van der Waals surface area contributed by atoms with Crippen molar-refractivity contribution in [1.82, 2.24) is 0 Å². The highest BCUT2D eigenvalue weighted by molar-refractivity contribution is 5.79. The summed E-state index contributed by atoms with van der Waals surface area (Å²) in [6, 6.07) is 6.68. The Morgan fingerprint density at radius 2 is 1.67 bits per heavy atom. The van der Waals surface area contributed by atoms with Gasteiger partial charge in [-0.05, 0) is 47.8 Å². The number of hydrogen-bond donors (Lipinski definition) is 3. The van der Waals surface area contributed by atoms with Crippen molar-refractivity contribution in [2.24, 2.45) is 11.8 Å². The number of rotatable bonds is 5. The number of aliphatic hydroxyl groups excluding tert-OH is 2. The van der Waals surface area contributed by atoms with Crippen LogP contribution in [0.1, 0.15) is 41.0 Å². The van der Waals surface area contributed by atoms with E-state index >= 15 is 0 Å². The average molecular weight is 593 g/mol. The van der Waals surface area contributed by atoms with Gasteiger partial charge in [-0.2, -0.15) is 0 Å². The lowest BCUT2D eigenvalue weighted by molar-refractivity contribution is -0.364. The number of phenolic OH excluding ortho intramolecular Hbond substituents is 1. The first-order valence-electron chi connectivity index (χ1n) is 15.4. The lowest BCUT2D eigenvalue weighted by Gasteiger charge is -2.47. The number of cyclic esters (lactones) is 1. The van der Waals surface area contributed by atoms with Crippen molar-refractivity contribution in [3.8, 4) is 28.7 Å². The van der Waals surface area contributed by atoms with Gasteiger partial charge in [0.25, 0.3) is 0 Å². The molecule has 0 saturated carbocycles. The molecule has 2 unspecified atom stereocenters. The van der Waals surface area contributed by atoms with Crippen LogP contribution in [0.4, 0.5) is 0 Å². The molecule has 0 aromatic heterocycles. The molecule has 13 nitrogen and oxygen atoms in total. The summed E-state index contributed by atoms with van der Waals surface area (Å²) in [5.41, 5.74) is 1.75. The van der Waals surface area contributed by atoms with Crippen LogP contribution in [0, 0.1) is 11.8 Å². The fraction of sp³-hybridized carbons (Fsp3) is 0.552. The highest BCUT2D eigenvalue weighted by atomic mass is 16.8. The number of esters is 1. The van der Waals surface area contributed by atoms with E-state index < -0.39 is 80.3 Å². The zero-order valence-electron chi connectivity index (χ0n) is 26.6. The van der Waals surface area contributed by atoms with E-state index in [1.165, 1.54) is 14.2 Å². The van der Waals surface area contributed by atoms with Gasteiger partial charge in [0, 0.05) is 15.9 Å². The molecule has 3 saturated heterocycles. The molecule has 5 aliphatic rings. The Bertz CT molecular complexity index is 1510. The molecule has 42 heavy (non-hydrogen) atoms. The van der Waals surface area contributed by atoms with E-state index in [9.17, 15) is 20.1 Å². The van der Waals surface area contributed by atoms with Crippen molar-refractivity contribution < 1.29 is 68.2 Å². The summed E-state index contributed by atoms with van der Waals surface area (Å²) in [4.78, 5) is 13.4. The Morgan fingerprint density at radius 3 is 2.36 bits per heavy atom. The summed E-state index contributed by atoms with van der Waals surface area (Å²) in [6.45, 7) is -3.51. The fourth-order valence-corrected chi connectivity index (χ4v) is 6.54. The monoisotopic (exact) mass is 592 g/mol. The number of carbonyl (C=O) groups excluding carboxylic acids is 1. The molecule has 2 aromatic rings. The molecule has 4 aliphatic heterocycles. The molecule has 2 aromatic carbocycles. The molecule has 7 rings (SSSR count). The molecular formula is C29H32O13. The summed E-state index contributed by atoms with van der Waals surface area (Å²) in [7, 11) is 2.79. The van der Waals surface area contributed by atoms with Crippen LogP contribution in [0.15, 0.2) is 24.3 Å². The Hall–Kier alpha value is -3.33. The van der Waals surface area contributed by atoms with Crippen molar-refractivity contribution >= 4 is 5.97 Å². The summed E-state index contributed by atoms with van der Waals surface area (Å²) >= 11 is 0. The number of aliphatic hydroxyl groups is 2. The van der Waals surface area contributed by atoms with Gasteiger partial charge in [-0.3, -0.25) is 4.79 Å². The molecule has 4 heterocycles. The van der Waals surface area contributed by atoms with Crippen molar-refractivity contribution in [2.45, 2.75) is 55.8 Å². The highest BCUT2D eigenvalue weighted by Gasteiger charge is 2.56. The van der Waals surface area contributed by atoms with Gasteiger partial charge >= 0.3 is 5.97 Å². The first kappa shape index (κ1) is 23.2. The Kier molecular flexibility index (Phi) is 5.76. The van der Waals surface area contributed by atoms with Crippen LogP contribution in [0.2, 0.25) is 0 Å². The summed E-state index contributed by atoms with van der Waals surface area (Å²) in [5.74, 6) is -1.69. The maximum Gasteiger partial charge on any atom is 0.310 e. The number of phenols is 1. The van der Waals surface area contributed by atoms with E-state index in [4.69, 9.17) is 48.1 Å². The first-order chi connectivity index (χ1) is 21.8. The van der Waals surface area contributed by atoms with Gasteiger partial charge in [-0.1, -0.05) is 0 Å². The number of methoxy groups -OCH3 is 2. The van der Waals surface area contributed by atoms with Crippen LogP contribution in [0.25, 0.3) is 0 Å². The molecule has 3 fully saturated rings. The topological polar surface area (TPSA) is 161 Å². The maximum atomic E-state index is 13.4. The van der Waals surface area contributed by atoms with Gasteiger partial charge in [-0.15, -0.1) is 0 Å². The van der Waals surface area contributed by atoms with E-state index in [2.05, 4.69) is 0 Å². The third kappa shape index (κ3) is 4.26. The SMILES string of the molecule is [2H]C([2H])([2H])C1([2H])OC[C@H]2OC(O[C@@H]3c4cc5c(cc4[C@@H](c4cc(OC)c(O)c(OC)c4)[C@H]4C(=O)OC[C@@H]43)OCO5)[C@H](O)[C@@H](O)[C@@H]2O1. The Balaban J connectivity index is 1.27. The molecular weight excluding hydrogens is 556 g/mol. The summed E-state index contributed by atoms with van der Waals surface area (Å²) < 4.78 is 81.5. The molecule has 1 aliphatic carbocycles. The standard InChI is InChI=1S/C29H32O13/c1-11-36-9-20-27(40-11)24(31)25(32)29(41-20)42-26-14-7-17-16(38-10-39-17)6-13(14)21(22-15(26)8-37-28(22)33)12-4-18(34-2)23(30)19(5-12)35-3/h4-7,11,15,20-22,24-27,29-32H,8-10H2,1-3H3/t11?,15-,20+,21+,22-,24+,25+,26+,27+,29?/m0/s1/i1D3,11D. The zero-order valence-corrected chi connectivity index (χ0v) is 22.6. The molecule has 0 radical (unpaired) electrons. The van der Waals surface area contributed by atoms with E-state index in [-0.39, 0.29) is 30.6 Å². The van der Waals surface area contributed by atoms with Crippen LogP contribution >= 0.6 is 0 Å². The predicted molar refractivity (Wildman–Crippen MR) is 138 cm³/mol. The first-order valence-corrected chi connectivity index (χ1v) is 13.4. The van der Waals surface area contributed by atoms with Gasteiger partial charge < -0.3 is 58.0 Å². The Labute approximate surface area is 246 Å². The van der Waals surface area contributed by atoms with Crippen LogP contribution in [-0.4, -0.2) is 92.5 Å². The van der Waals surface area contributed by atoms with Gasteiger partial charge in [0.2, 0.25) is 12.5 Å². The van der Waals surface area contributed by atoms with Crippen LogP contribution in [-0.2, 0) is 28.5 Å². The summed E-state index contributed by atoms with van der Waals surface area (Å²) in [5, 5.41) is 32.7. The molecule has 10 atom stereocenters. The predicted octanol–water partition coefficient (Wildman–Crippen LogP) is 1.34. The normalized spacial score (nSPS) is 39.9. The maximum absolute atomic E-state index is 13.4. The molecule has 13 heteroatoms. The van der Waals surface area contributed by atoms with Crippen molar-refractivity contribution in [1.29, 1.82) is 0 Å². The Morgan fingerprint density at radius 1 is 0.952 bits per heavy atom. The smallest absolute Gasteiger partial charge is 0.310 e. The molecule has 0 bridgehead atoms. The number of hydrogen-bond acceptors (Lipinski definition) is 13. The minimum absolute atomic E-state index is 0.0301. The van der Waals surface area contributed by atoms with Crippen molar-refractivity contribution in [3.05, 3.63) is 41.0 Å². The second kappa shape index (κ2) is 10.4. The van der Waals surface area contributed by atoms with Crippen LogP contribution in [0.3, 0.4) is 0 Å². The molecule has 226 valence electrons. The number of carbonyl (C=O) groups is 1. The number of aromatic hydroxyl groups is 1. The van der Waals surface area contributed by atoms with Gasteiger partial charge in [0.05, 0.1) is 40.8 Å². The van der Waals surface area contributed by atoms with Gasteiger partial charge in [0.1, 0.15) is 24.4 Å². The van der Waals surface area contributed by atoms with E-state index in [0.29, 0.717) is 28.2 Å². The van der Waals surface area contributed by atoms with E-state index in [1.54, 1.807) is 24.3 Å². The lowest BCUT2D eigenvalue weighted by atomic mass is 9.66. The highest BCUT2D eigenvalue weighted by Crippen LogP contribution is 2.57. The number of ether oxygens (including phenoxy) is 9. The second-order valence-electron chi connectivity index (χ2n) is 10.7. The lowest BCUT2D eigenvalue weighted by Crippen LogP contribution is -2.63. The number of fused-ring (bicyclic) bond motifs is 4. The van der Waals surface area contributed by atoms with Crippen LogP contribution in [0.5, 0.6) is 28.7 Å². The largest absolute Gasteiger partial charge is 0.502 e. The quantitative estimate of drug-likeness (QED) is 0.427. The minimum Gasteiger partial charge on any atom is -0.502 e. The third-order valence-corrected chi connectivity index (χ3v) is 8.52. The van der Waals surface area contributed by atoms with Crippen molar-refractivity contribution in [2.75, 3.05) is 34.2 Å². The van der Waals surface area contributed by atoms with Gasteiger partial charge in [0.15, 0.2) is 35.6 Å². The summed E-state index contributed by atoms with van der Waals surface area (Å²) in [6.07, 6.45) is -11.1. The molecule has 0 spiro atoms. The number of benzene rings is 2. The van der Waals surface area contributed by atoms with Gasteiger partial charge in [-0.25, -0.2) is 0 Å². The van der Waals surface area contributed by atoms with Crippen LogP contribution < -0.4 is 18.9 Å². The van der Waals surface area contributed by atoms with E-state index in [0.717, 1.165) is 0 Å². The molecule has 0 amide bonds. The third-order valence-electron chi connectivity index (χ3n) is 8.52.